The molecule has 1 aromatic rings. The second-order valence-corrected chi connectivity index (χ2v) is 3.07. The van der Waals surface area contributed by atoms with Crippen LogP contribution in [0.15, 0.2) is 30.3 Å². The Morgan fingerprint density at radius 1 is 1.15 bits per heavy atom. The third kappa shape index (κ3) is 1.47. The number of hydrogen-bond donors (Lipinski definition) is 0. The molecule has 1 fully saturated rings. The Bertz CT molecular complexity index is 263. The lowest BCUT2D eigenvalue weighted by Gasteiger charge is -2.26. The molecule has 1 saturated heterocycles. The van der Waals surface area contributed by atoms with Crippen LogP contribution in [0.1, 0.15) is 12.0 Å². The maximum Gasteiger partial charge on any atom is 0.194 e. The van der Waals surface area contributed by atoms with Crippen LogP contribution in [0.5, 0.6) is 0 Å². The van der Waals surface area contributed by atoms with Crippen LogP contribution < -0.4 is 0 Å². The van der Waals surface area contributed by atoms with Gasteiger partial charge in [-0.2, -0.15) is 0 Å². The largest absolute Gasteiger partial charge is 0.343 e. The smallest absolute Gasteiger partial charge is 0.194 e. The molecule has 0 aromatic heterocycles. The van der Waals surface area contributed by atoms with E-state index in [1.54, 1.807) is 0 Å². The molecule has 0 unspecified atom stereocenters. The molecule has 0 atom stereocenters. The van der Waals surface area contributed by atoms with E-state index in [1.165, 1.54) is 0 Å². The molecule has 0 amide bonds. The number of ether oxygens (including phenoxy) is 2. The van der Waals surface area contributed by atoms with Crippen LogP contribution in [-0.4, -0.2) is 13.2 Å². The van der Waals surface area contributed by atoms with Gasteiger partial charge in [0.1, 0.15) is 0 Å². The zero-order valence-electron chi connectivity index (χ0n) is 7.53. The fourth-order valence-electron chi connectivity index (χ4n) is 1.60. The van der Waals surface area contributed by atoms with Crippen LogP contribution in [-0.2, 0) is 15.3 Å². The maximum absolute atomic E-state index is 5.59. The summed E-state index contributed by atoms with van der Waals surface area (Å²) in [5.74, 6) is -0.582. The fourth-order valence-corrected chi connectivity index (χ4v) is 1.60. The topological polar surface area (TPSA) is 18.5 Å². The predicted molar refractivity (Wildman–Crippen MR) is 50.0 cm³/mol. The lowest BCUT2D eigenvalue weighted by Crippen LogP contribution is -2.25. The molecule has 1 aliphatic heterocycles. The minimum atomic E-state index is -0.582. The van der Waals surface area contributed by atoms with Gasteiger partial charge in [0.2, 0.25) is 0 Å². The van der Waals surface area contributed by atoms with Crippen LogP contribution in [0.2, 0.25) is 0 Å². The Kier molecular flexibility index (Phi) is 2.34. The third-order valence-corrected chi connectivity index (χ3v) is 2.30. The first-order chi connectivity index (χ1) is 6.37. The van der Waals surface area contributed by atoms with Gasteiger partial charge in [0, 0.05) is 12.0 Å². The summed E-state index contributed by atoms with van der Waals surface area (Å²) in [7, 11) is 0. The van der Waals surface area contributed by atoms with Gasteiger partial charge in [-0.3, -0.25) is 0 Å². The van der Waals surface area contributed by atoms with Gasteiger partial charge in [0.15, 0.2) is 5.79 Å². The number of rotatable bonds is 2. The highest BCUT2D eigenvalue weighted by atomic mass is 16.7. The molecule has 0 aliphatic carbocycles. The van der Waals surface area contributed by atoms with Crippen LogP contribution in [0.3, 0.4) is 0 Å². The van der Waals surface area contributed by atoms with Crippen molar-refractivity contribution >= 4 is 0 Å². The summed E-state index contributed by atoms with van der Waals surface area (Å²) < 4.78 is 11.2. The number of hydrogen-bond acceptors (Lipinski definition) is 2. The highest BCUT2D eigenvalue weighted by molar-refractivity contribution is 5.21. The minimum Gasteiger partial charge on any atom is -0.343 e. The first-order valence-electron chi connectivity index (χ1n) is 4.50. The van der Waals surface area contributed by atoms with E-state index in [9.17, 15) is 0 Å². The van der Waals surface area contributed by atoms with Crippen molar-refractivity contribution in [2.75, 3.05) is 13.2 Å². The second kappa shape index (κ2) is 3.48. The van der Waals surface area contributed by atoms with E-state index >= 15 is 0 Å². The van der Waals surface area contributed by atoms with Crippen molar-refractivity contribution in [3.8, 4) is 0 Å². The molecule has 0 N–H and O–H groups in total. The van der Waals surface area contributed by atoms with Crippen molar-refractivity contribution in [3.05, 3.63) is 42.8 Å². The van der Waals surface area contributed by atoms with Crippen molar-refractivity contribution in [2.24, 2.45) is 0 Å². The van der Waals surface area contributed by atoms with Crippen LogP contribution in [0.25, 0.3) is 0 Å². The van der Waals surface area contributed by atoms with Gasteiger partial charge >= 0.3 is 0 Å². The number of benzene rings is 1. The summed E-state index contributed by atoms with van der Waals surface area (Å²) in [5.41, 5.74) is 1.06. The van der Waals surface area contributed by atoms with Crippen molar-refractivity contribution in [1.29, 1.82) is 0 Å². The van der Waals surface area contributed by atoms with Gasteiger partial charge in [-0.1, -0.05) is 30.3 Å². The molecule has 1 heterocycles. The van der Waals surface area contributed by atoms with Crippen molar-refractivity contribution < 1.29 is 9.47 Å². The van der Waals surface area contributed by atoms with Crippen molar-refractivity contribution in [3.63, 3.8) is 0 Å². The van der Waals surface area contributed by atoms with E-state index in [1.807, 2.05) is 30.3 Å². The van der Waals surface area contributed by atoms with Crippen molar-refractivity contribution in [2.45, 2.75) is 12.2 Å². The second-order valence-electron chi connectivity index (χ2n) is 3.07. The Morgan fingerprint density at radius 2 is 1.77 bits per heavy atom. The molecule has 13 heavy (non-hydrogen) atoms. The van der Waals surface area contributed by atoms with Gasteiger partial charge in [-0.15, -0.1) is 0 Å². The Hall–Kier alpha value is -0.860. The summed E-state index contributed by atoms with van der Waals surface area (Å²) in [4.78, 5) is 0. The van der Waals surface area contributed by atoms with E-state index in [0.717, 1.165) is 5.56 Å². The molecule has 1 aliphatic rings. The summed E-state index contributed by atoms with van der Waals surface area (Å²) in [6.07, 6.45) is 0.608. The van der Waals surface area contributed by atoms with Gasteiger partial charge in [0.25, 0.3) is 0 Å². The summed E-state index contributed by atoms with van der Waals surface area (Å²) in [6, 6.07) is 9.97. The molecule has 2 nitrogen and oxygen atoms in total. The summed E-state index contributed by atoms with van der Waals surface area (Å²) in [5, 5.41) is 0. The van der Waals surface area contributed by atoms with E-state index < -0.39 is 5.79 Å². The molecule has 1 radical (unpaired) electrons. The van der Waals surface area contributed by atoms with Gasteiger partial charge in [-0.05, 0) is 6.92 Å². The van der Waals surface area contributed by atoms with E-state index in [2.05, 4.69) is 6.92 Å². The van der Waals surface area contributed by atoms with Crippen molar-refractivity contribution in [1.82, 2.24) is 0 Å². The molecule has 2 rings (SSSR count). The average molecular weight is 177 g/mol. The molecule has 0 saturated carbocycles. The lowest BCUT2D eigenvalue weighted by atomic mass is 10.0. The van der Waals surface area contributed by atoms with E-state index in [0.29, 0.717) is 19.6 Å². The Morgan fingerprint density at radius 3 is 2.31 bits per heavy atom. The van der Waals surface area contributed by atoms with Crippen LogP contribution >= 0.6 is 0 Å². The monoisotopic (exact) mass is 177 g/mol. The normalized spacial score (nSPS) is 20.4. The van der Waals surface area contributed by atoms with Crippen LogP contribution in [0.4, 0.5) is 0 Å². The van der Waals surface area contributed by atoms with Gasteiger partial charge in [-0.25, -0.2) is 0 Å². The molecule has 1 aromatic carbocycles. The molecular weight excluding hydrogens is 164 g/mol. The highest BCUT2D eigenvalue weighted by Crippen LogP contribution is 2.33. The van der Waals surface area contributed by atoms with Gasteiger partial charge < -0.3 is 9.47 Å². The molecule has 2 heteroatoms. The first kappa shape index (κ1) is 8.73. The molecule has 0 bridgehead atoms. The van der Waals surface area contributed by atoms with E-state index in [4.69, 9.17) is 9.47 Å². The molecule has 69 valence electrons. The maximum atomic E-state index is 5.59. The Balaban J connectivity index is 2.31. The van der Waals surface area contributed by atoms with Crippen LogP contribution in [0, 0.1) is 6.92 Å². The first-order valence-corrected chi connectivity index (χ1v) is 4.50. The fraction of sp³-hybridized carbons (Fsp3) is 0.364. The average Bonchev–Trinajstić information content (AvgIpc) is 2.69. The standard InChI is InChI=1S/C11H13O2/c1-2-11(12-8-9-13-11)10-6-4-3-5-7-10/h3-7H,1-2,8-9H2. The molecular formula is C11H13O2. The highest BCUT2D eigenvalue weighted by Gasteiger charge is 2.36. The summed E-state index contributed by atoms with van der Waals surface area (Å²) >= 11 is 0. The zero-order chi connectivity index (χ0) is 9.15. The quantitative estimate of drug-likeness (QED) is 0.688. The zero-order valence-corrected chi connectivity index (χ0v) is 7.53. The Labute approximate surface area is 78.5 Å². The SMILES string of the molecule is [CH2]CC1(c2ccccc2)OCCO1. The van der Waals surface area contributed by atoms with Gasteiger partial charge in [0.05, 0.1) is 13.2 Å². The minimum absolute atomic E-state index is 0.582. The predicted octanol–water partition coefficient (Wildman–Crippen LogP) is 2.11. The van der Waals surface area contributed by atoms with E-state index in [-0.39, 0.29) is 0 Å². The third-order valence-electron chi connectivity index (χ3n) is 2.30. The lowest BCUT2D eigenvalue weighted by molar-refractivity contribution is -0.163. The summed E-state index contributed by atoms with van der Waals surface area (Å²) in [6.45, 7) is 5.18. The molecule has 0 spiro atoms.